The Morgan fingerprint density at radius 1 is 0.923 bits per heavy atom. The molecule has 0 unspecified atom stereocenters. The Morgan fingerprint density at radius 2 is 1.64 bits per heavy atom. The predicted octanol–water partition coefficient (Wildman–Crippen LogP) is 7.09. The quantitative estimate of drug-likeness (QED) is 0.200. The van der Waals surface area contributed by atoms with E-state index in [1.807, 2.05) is 4.90 Å². The lowest BCUT2D eigenvalue weighted by molar-refractivity contribution is -0.131. The number of carbonyl (C=O) groups is 1. The number of unbranched alkanes of at least 4 members (excludes halogenated alkanes) is 10. The van der Waals surface area contributed by atoms with Gasteiger partial charge in [-0.25, -0.2) is 4.39 Å². The van der Waals surface area contributed by atoms with E-state index in [1.54, 1.807) is 12.1 Å². The summed E-state index contributed by atoms with van der Waals surface area (Å²) in [6.07, 6.45) is 17.0. The molecule has 1 aromatic heterocycles. The maximum Gasteiger partial charge on any atom is 0.227 e. The van der Waals surface area contributed by atoms with Crippen molar-refractivity contribution in [2.75, 3.05) is 26.2 Å². The second-order valence-corrected chi connectivity index (χ2v) is 10.8. The van der Waals surface area contributed by atoms with E-state index in [2.05, 4.69) is 11.8 Å². The van der Waals surface area contributed by atoms with Crippen LogP contribution >= 0.6 is 0 Å². The topological polar surface area (TPSA) is 63.0 Å². The molecule has 3 rings (SSSR count). The van der Waals surface area contributed by atoms with Gasteiger partial charge in [0.1, 0.15) is 24.4 Å². The molecule has 39 heavy (non-hydrogen) atoms. The molecule has 1 aliphatic heterocycles. The van der Waals surface area contributed by atoms with Gasteiger partial charge >= 0.3 is 0 Å². The number of rotatable bonds is 17. The molecule has 1 amide bonds. The van der Waals surface area contributed by atoms with Crippen molar-refractivity contribution in [1.82, 2.24) is 9.80 Å². The van der Waals surface area contributed by atoms with Crippen LogP contribution in [-0.4, -0.2) is 41.9 Å². The van der Waals surface area contributed by atoms with Gasteiger partial charge in [-0.3, -0.25) is 14.5 Å². The molecule has 1 aromatic carbocycles. The first-order valence-corrected chi connectivity index (χ1v) is 15.0. The smallest absolute Gasteiger partial charge is 0.227 e. The van der Waals surface area contributed by atoms with Gasteiger partial charge in [0.05, 0.1) is 6.54 Å². The normalized spacial score (nSPS) is 14.4. The number of ether oxygens (including phenoxy) is 1. The molecule has 1 saturated heterocycles. The van der Waals surface area contributed by atoms with E-state index in [0.29, 0.717) is 30.8 Å². The first-order valence-electron chi connectivity index (χ1n) is 15.0. The van der Waals surface area contributed by atoms with E-state index in [4.69, 9.17) is 9.15 Å². The van der Waals surface area contributed by atoms with Crippen LogP contribution in [0.3, 0.4) is 0 Å². The van der Waals surface area contributed by atoms with Gasteiger partial charge in [-0.15, -0.1) is 0 Å². The minimum absolute atomic E-state index is 0.0943. The summed E-state index contributed by atoms with van der Waals surface area (Å²) in [5.41, 5.74) is 0.386. The largest absolute Gasteiger partial charge is 0.482 e. The van der Waals surface area contributed by atoms with Crippen molar-refractivity contribution in [2.24, 2.45) is 0 Å². The second kappa shape index (κ2) is 17.8. The van der Waals surface area contributed by atoms with Crippen LogP contribution in [0.1, 0.15) is 102 Å². The van der Waals surface area contributed by atoms with Crippen molar-refractivity contribution in [2.45, 2.75) is 104 Å². The molecule has 1 aliphatic rings. The predicted molar refractivity (Wildman–Crippen MR) is 153 cm³/mol. The van der Waals surface area contributed by atoms with Crippen LogP contribution in [0.5, 0.6) is 5.75 Å². The lowest BCUT2D eigenvalue weighted by Crippen LogP contribution is -2.35. The fourth-order valence-corrected chi connectivity index (χ4v) is 5.11. The number of nitrogens with zero attached hydrogens (tertiary/aromatic N) is 2. The van der Waals surface area contributed by atoms with Crippen LogP contribution in [0.4, 0.5) is 4.39 Å². The molecule has 0 N–H and O–H groups in total. The summed E-state index contributed by atoms with van der Waals surface area (Å²) >= 11 is 0. The van der Waals surface area contributed by atoms with Crippen molar-refractivity contribution < 1.29 is 18.3 Å². The zero-order valence-electron chi connectivity index (χ0n) is 23.8. The third-order valence-corrected chi connectivity index (χ3v) is 7.45. The lowest BCUT2D eigenvalue weighted by Gasteiger charge is -2.21. The summed E-state index contributed by atoms with van der Waals surface area (Å²) in [6.45, 7) is 5.96. The van der Waals surface area contributed by atoms with Crippen LogP contribution < -0.4 is 10.2 Å². The highest BCUT2D eigenvalue weighted by atomic mass is 19.1. The third kappa shape index (κ3) is 11.9. The SMILES string of the molecule is CCCCCCCCCCCCCC(=O)N1CCCN(Cc2cc(=O)c(OCc3cccc(F)c3)co2)CC1. The van der Waals surface area contributed by atoms with Crippen LogP contribution in [0.15, 0.2) is 45.8 Å². The van der Waals surface area contributed by atoms with Crippen LogP contribution in [0.2, 0.25) is 0 Å². The average Bonchev–Trinajstić information content (AvgIpc) is 3.17. The van der Waals surface area contributed by atoms with Gasteiger partial charge in [0.25, 0.3) is 0 Å². The monoisotopic (exact) mass is 542 g/mol. The zero-order chi connectivity index (χ0) is 27.7. The molecule has 216 valence electrons. The molecule has 0 spiro atoms. The molecule has 0 radical (unpaired) electrons. The number of amides is 1. The lowest BCUT2D eigenvalue weighted by atomic mass is 10.1. The molecular formula is C32H47FN2O4. The van der Waals surface area contributed by atoms with Crippen LogP contribution in [0, 0.1) is 5.82 Å². The Balaban J connectivity index is 1.30. The van der Waals surface area contributed by atoms with Gasteiger partial charge in [-0.1, -0.05) is 83.3 Å². The van der Waals surface area contributed by atoms with Gasteiger partial charge in [0.15, 0.2) is 0 Å². The fourth-order valence-electron chi connectivity index (χ4n) is 5.11. The molecule has 0 bridgehead atoms. The van der Waals surface area contributed by atoms with E-state index in [-0.39, 0.29) is 29.5 Å². The van der Waals surface area contributed by atoms with E-state index in [9.17, 15) is 14.0 Å². The number of halogens is 1. The number of hydrogen-bond acceptors (Lipinski definition) is 5. The highest BCUT2D eigenvalue weighted by molar-refractivity contribution is 5.76. The van der Waals surface area contributed by atoms with Gasteiger partial charge < -0.3 is 14.1 Å². The van der Waals surface area contributed by atoms with E-state index in [0.717, 1.165) is 38.9 Å². The number of carbonyl (C=O) groups excluding carboxylic acids is 1. The Kier molecular flexibility index (Phi) is 14.1. The maximum atomic E-state index is 13.3. The summed E-state index contributed by atoms with van der Waals surface area (Å²) in [7, 11) is 0. The second-order valence-electron chi connectivity index (χ2n) is 10.8. The Morgan fingerprint density at radius 3 is 2.33 bits per heavy atom. The molecule has 0 atom stereocenters. The van der Waals surface area contributed by atoms with Gasteiger partial charge in [-0.2, -0.15) is 0 Å². The van der Waals surface area contributed by atoms with Gasteiger partial charge in [0, 0.05) is 38.7 Å². The van der Waals surface area contributed by atoms with Gasteiger partial charge in [-0.05, 0) is 30.5 Å². The minimum atomic E-state index is -0.342. The molecule has 0 saturated carbocycles. The number of benzene rings is 1. The molecule has 6 nitrogen and oxygen atoms in total. The number of hydrogen-bond donors (Lipinski definition) is 0. The Bertz CT molecular complexity index is 1040. The Hall–Kier alpha value is -2.67. The van der Waals surface area contributed by atoms with Crippen molar-refractivity contribution in [1.29, 1.82) is 0 Å². The first kappa shape index (κ1) is 30.9. The zero-order valence-corrected chi connectivity index (χ0v) is 23.8. The molecule has 2 aromatic rings. The standard InChI is InChI=1S/C32H47FN2O4/c1-2-3-4-5-6-7-8-9-10-11-12-17-32(37)35-19-14-18-34(20-21-35)24-29-23-30(36)31(26-38-29)39-25-27-15-13-16-28(33)22-27/h13,15-16,22-23,26H,2-12,14,17-21,24-25H2,1H3. The van der Waals surface area contributed by atoms with Crippen molar-refractivity contribution in [3.63, 3.8) is 0 Å². The molecule has 7 heteroatoms. The Labute approximate surface area is 233 Å². The van der Waals surface area contributed by atoms with Crippen LogP contribution in [-0.2, 0) is 17.9 Å². The molecular weight excluding hydrogens is 495 g/mol. The first-order chi connectivity index (χ1) is 19.0. The van der Waals surface area contributed by atoms with Crippen LogP contribution in [0.25, 0.3) is 0 Å². The summed E-state index contributed by atoms with van der Waals surface area (Å²) in [5.74, 6) is 0.598. The van der Waals surface area contributed by atoms with E-state index in [1.165, 1.54) is 82.2 Å². The molecule has 2 heterocycles. The van der Waals surface area contributed by atoms with Gasteiger partial charge in [0.2, 0.25) is 17.1 Å². The highest BCUT2D eigenvalue weighted by Gasteiger charge is 2.19. The van der Waals surface area contributed by atoms with E-state index < -0.39 is 0 Å². The third-order valence-electron chi connectivity index (χ3n) is 7.45. The highest BCUT2D eigenvalue weighted by Crippen LogP contribution is 2.15. The average molecular weight is 543 g/mol. The fraction of sp³-hybridized carbons (Fsp3) is 0.625. The summed E-state index contributed by atoms with van der Waals surface area (Å²) in [6, 6.07) is 7.55. The summed E-state index contributed by atoms with van der Waals surface area (Å²) in [4.78, 5) is 29.5. The molecule has 1 fully saturated rings. The summed E-state index contributed by atoms with van der Waals surface area (Å²) in [5, 5.41) is 0. The maximum absolute atomic E-state index is 13.3. The van der Waals surface area contributed by atoms with Crippen molar-refractivity contribution >= 4 is 5.91 Å². The molecule has 0 aliphatic carbocycles. The summed E-state index contributed by atoms with van der Waals surface area (Å²) < 4.78 is 24.5. The van der Waals surface area contributed by atoms with Crippen molar-refractivity contribution in [3.05, 3.63) is 64.0 Å². The minimum Gasteiger partial charge on any atom is -0.482 e. The van der Waals surface area contributed by atoms with E-state index >= 15 is 0 Å². The van der Waals surface area contributed by atoms with Crippen molar-refractivity contribution in [3.8, 4) is 5.75 Å².